The highest BCUT2D eigenvalue weighted by Crippen LogP contribution is 2.17. The van der Waals surface area contributed by atoms with E-state index in [1.54, 1.807) is 23.9 Å². The zero-order chi connectivity index (χ0) is 12.8. The molecular formula is C11H22N4O2. The van der Waals surface area contributed by atoms with Crippen molar-refractivity contribution in [2.75, 3.05) is 40.3 Å². The Kier molecular flexibility index (Phi) is 5.21. The summed E-state index contributed by atoms with van der Waals surface area (Å²) in [5.41, 5.74) is 5.34. The summed E-state index contributed by atoms with van der Waals surface area (Å²) in [6, 6.07) is -0.0266. The normalized spacial score (nSPS) is 19.9. The Morgan fingerprint density at radius 2 is 2.18 bits per heavy atom. The molecule has 1 saturated heterocycles. The Hall–Kier alpha value is -1.30. The molecule has 1 aliphatic heterocycles. The van der Waals surface area contributed by atoms with Gasteiger partial charge in [0.1, 0.15) is 0 Å². The third kappa shape index (κ3) is 3.89. The Morgan fingerprint density at radius 1 is 1.47 bits per heavy atom. The summed E-state index contributed by atoms with van der Waals surface area (Å²) < 4.78 is 0. The molecule has 0 aromatic heterocycles. The first kappa shape index (κ1) is 13.8. The molecule has 1 unspecified atom stereocenters. The van der Waals surface area contributed by atoms with Gasteiger partial charge in [-0.05, 0) is 12.8 Å². The fraction of sp³-hybridized carbons (Fsp3) is 0.818. The van der Waals surface area contributed by atoms with Crippen LogP contribution in [0.1, 0.15) is 12.8 Å². The maximum Gasteiger partial charge on any atom is 0.319 e. The lowest BCUT2D eigenvalue weighted by atomic mass is 9.97. The van der Waals surface area contributed by atoms with Crippen LogP contribution in [-0.2, 0) is 4.79 Å². The molecule has 0 aliphatic carbocycles. The Bertz CT molecular complexity index is 281. The van der Waals surface area contributed by atoms with Gasteiger partial charge < -0.3 is 20.9 Å². The number of nitrogens with two attached hydrogens (primary N) is 1. The number of carbonyl (C=O) groups excluding carboxylic acids is 2. The molecule has 0 saturated carbocycles. The highest BCUT2D eigenvalue weighted by atomic mass is 16.2. The van der Waals surface area contributed by atoms with E-state index < -0.39 is 0 Å². The lowest BCUT2D eigenvalue weighted by Gasteiger charge is -2.33. The zero-order valence-corrected chi connectivity index (χ0v) is 10.6. The first-order valence-corrected chi connectivity index (χ1v) is 6.00. The van der Waals surface area contributed by atoms with Gasteiger partial charge in [0.2, 0.25) is 5.91 Å². The number of likely N-dealkylation sites (tertiary alicyclic amines) is 1. The predicted octanol–water partition coefficient (Wildman–Crippen LogP) is -0.545. The topological polar surface area (TPSA) is 78.7 Å². The molecule has 17 heavy (non-hydrogen) atoms. The zero-order valence-electron chi connectivity index (χ0n) is 10.6. The number of carbonyl (C=O) groups is 2. The van der Waals surface area contributed by atoms with Crippen LogP contribution in [0, 0.1) is 5.92 Å². The van der Waals surface area contributed by atoms with Crippen LogP contribution in [0.3, 0.4) is 0 Å². The molecule has 0 bridgehead atoms. The molecule has 0 aromatic rings. The average molecular weight is 242 g/mol. The molecule has 1 atom stereocenters. The molecule has 3 amide bonds. The molecule has 1 fully saturated rings. The van der Waals surface area contributed by atoms with Gasteiger partial charge in [-0.3, -0.25) is 4.79 Å². The van der Waals surface area contributed by atoms with Crippen LogP contribution in [0.25, 0.3) is 0 Å². The maximum atomic E-state index is 11.8. The molecule has 1 heterocycles. The van der Waals surface area contributed by atoms with E-state index in [-0.39, 0.29) is 17.9 Å². The summed E-state index contributed by atoms with van der Waals surface area (Å²) >= 11 is 0. The van der Waals surface area contributed by atoms with E-state index in [0.29, 0.717) is 19.6 Å². The van der Waals surface area contributed by atoms with Crippen LogP contribution in [0.15, 0.2) is 0 Å². The Labute approximate surface area is 102 Å². The van der Waals surface area contributed by atoms with Crippen molar-refractivity contribution in [2.24, 2.45) is 11.7 Å². The lowest BCUT2D eigenvalue weighted by molar-refractivity contribution is -0.126. The molecule has 0 radical (unpaired) electrons. The van der Waals surface area contributed by atoms with Crippen molar-refractivity contribution in [3.63, 3.8) is 0 Å². The monoisotopic (exact) mass is 242 g/mol. The minimum Gasteiger partial charge on any atom is -0.355 e. The predicted molar refractivity (Wildman–Crippen MR) is 65.4 cm³/mol. The third-order valence-corrected chi connectivity index (χ3v) is 2.89. The Balaban J connectivity index is 2.48. The van der Waals surface area contributed by atoms with Gasteiger partial charge in [0.25, 0.3) is 0 Å². The van der Waals surface area contributed by atoms with Gasteiger partial charge in [0.15, 0.2) is 0 Å². The summed E-state index contributed by atoms with van der Waals surface area (Å²) in [6.45, 7) is 2.18. The number of hydrogen-bond acceptors (Lipinski definition) is 3. The molecular weight excluding hydrogens is 220 g/mol. The van der Waals surface area contributed by atoms with Gasteiger partial charge in [0.05, 0.1) is 5.92 Å². The van der Waals surface area contributed by atoms with Crippen LogP contribution >= 0.6 is 0 Å². The average Bonchev–Trinajstić information content (AvgIpc) is 2.35. The van der Waals surface area contributed by atoms with Crippen LogP contribution < -0.4 is 11.1 Å². The third-order valence-electron chi connectivity index (χ3n) is 2.89. The Morgan fingerprint density at radius 3 is 2.76 bits per heavy atom. The van der Waals surface area contributed by atoms with Crippen molar-refractivity contribution in [3.8, 4) is 0 Å². The number of piperidine rings is 1. The second-order valence-electron chi connectivity index (χ2n) is 4.54. The van der Waals surface area contributed by atoms with Gasteiger partial charge in [0, 0.05) is 40.3 Å². The van der Waals surface area contributed by atoms with Crippen molar-refractivity contribution >= 4 is 11.9 Å². The summed E-state index contributed by atoms with van der Waals surface area (Å²) in [7, 11) is 3.45. The molecule has 0 aromatic carbocycles. The molecule has 98 valence electrons. The van der Waals surface area contributed by atoms with Crippen molar-refractivity contribution in [3.05, 3.63) is 0 Å². The van der Waals surface area contributed by atoms with Crippen molar-refractivity contribution in [1.82, 2.24) is 15.1 Å². The van der Waals surface area contributed by atoms with Crippen molar-refractivity contribution < 1.29 is 9.59 Å². The van der Waals surface area contributed by atoms with E-state index in [0.717, 1.165) is 19.4 Å². The fourth-order valence-electron chi connectivity index (χ4n) is 1.99. The number of hydrogen-bond donors (Lipinski definition) is 2. The van der Waals surface area contributed by atoms with Gasteiger partial charge in [-0.1, -0.05) is 0 Å². The largest absolute Gasteiger partial charge is 0.355 e. The summed E-state index contributed by atoms with van der Waals surface area (Å²) in [5, 5.41) is 2.78. The SMILES string of the molecule is CN(C)C(=O)N1CCCC(C(=O)NCCN)C1. The second kappa shape index (κ2) is 6.44. The summed E-state index contributed by atoms with van der Waals surface area (Å²) in [4.78, 5) is 26.8. The number of nitrogens with zero attached hydrogens (tertiary/aromatic N) is 2. The van der Waals surface area contributed by atoms with Crippen molar-refractivity contribution in [2.45, 2.75) is 12.8 Å². The smallest absolute Gasteiger partial charge is 0.319 e. The number of amides is 3. The number of urea groups is 1. The van der Waals surface area contributed by atoms with E-state index in [4.69, 9.17) is 5.73 Å². The van der Waals surface area contributed by atoms with E-state index in [1.807, 2.05) is 0 Å². The molecule has 0 spiro atoms. The minimum absolute atomic E-state index is 0.00621. The minimum atomic E-state index is -0.0980. The van der Waals surface area contributed by atoms with E-state index in [9.17, 15) is 9.59 Å². The van der Waals surface area contributed by atoms with Gasteiger partial charge in [-0.15, -0.1) is 0 Å². The van der Waals surface area contributed by atoms with E-state index in [2.05, 4.69) is 5.32 Å². The van der Waals surface area contributed by atoms with Crippen LogP contribution in [0.5, 0.6) is 0 Å². The van der Waals surface area contributed by atoms with Crippen LogP contribution in [0.4, 0.5) is 4.79 Å². The molecule has 6 nitrogen and oxygen atoms in total. The summed E-state index contributed by atoms with van der Waals surface area (Å²) in [5.74, 6) is -0.0918. The first-order chi connectivity index (χ1) is 8.06. The highest BCUT2D eigenvalue weighted by Gasteiger charge is 2.28. The van der Waals surface area contributed by atoms with Crippen molar-refractivity contribution in [1.29, 1.82) is 0 Å². The molecule has 1 rings (SSSR count). The van der Waals surface area contributed by atoms with Gasteiger partial charge in [-0.25, -0.2) is 4.79 Å². The second-order valence-corrected chi connectivity index (χ2v) is 4.54. The van der Waals surface area contributed by atoms with Gasteiger partial charge >= 0.3 is 6.03 Å². The molecule has 1 aliphatic rings. The quantitative estimate of drug-likeness (QED) is 0.697. The first-order valence-electron chi connectivity index (χ1n) is 6.00. The number of rotatable bonds is 3. The van der Waals surface area contributed by atoms with Gasteiger partial charge in [-0.2, -0.15) is 0 Å². The highest BCUT2D eigenvalue weighted by molar-refractivity contribution is 5.80. The lowest BCUT2D eigenvalue weighted by Crippen LogP contribution is -2.48. The molecule has 3 N–H and O–H groups in total. The summed E-state index contributed by atoms with van der Waals surface area (Å²) in [6.07, 6.45) is 1.72. The maximum absolute atomic E-state index is 11.8. The standard InChI is InChI=1S/C11H22N4O2/c1-14(2)11(17)15-7-3-4-9(8-15)10(16)13-6-5-12/h9H,3-8,12H2,1-2H3,(H,13,16). The van der Waals surface area contributed by atoms with Crippen LogP contribution in [-0.4, -0.2) is 62.0 Å². The molecule has 6 heteroatoms. The van der Waals surface area contributed by atoms with E-state index in [1.165, 1.54) is 0 Å². The fourth-order valence-corrected chi connectivity index (χ4v) is 1.99. The van der Waals surface area contributed by atoms with E-state index >= 15 is 0 Å². The van der Waals surface area contributed by atoms with Crippen LogP contribution in [0.2, 0.25) is 0 Å². The number of nitrogens with one attached hydrogen (secondary N) is 1.